The molecule has 0 fully saturated rings. The highest BCUT2D eigenvalue weighted by Gasteiger charge is 2.24. The largest absolute Gasteiger partial charge is 0.496 e. The zero-order valence-electron chi connectivity index (χ0n) is 11.8. The van der Waals surface area contributed by atoms with Crippen LogP contribution in [0.25, 0.3) is 0 Å². The number of hydrogen-bond acceptors (Lipinski definition) is 3. The summed E-state index contributed by atoms with van der Waals surface area (Å²) in [7, 11) is 1.47. The van der Waals surface area contributed by atoms with E-state index in [9.17, 15) is 10.1 Å². The minimum atomic E-state index is -0.861. The molecule has 0 N–H and O–H groups in total. The van der Waals surface area contributed by atoms with Gasteiger partial charge in [-0.3, -0.25) is 4.79 Å². The first-order valence-electron chi connectivity index (χ1n) is 6.40. The topological polar surface area (TPSA) is 50.1 Å². The van der Waals surface area contributed by atoms with Crippen LogP contribution in [-0.2, 0) is 0 Å². The molecule has 1 unspecified atom stereocenters. The first kappa shape index (κ1) is 15.1. The van der Waals surface area contributed by atoms with Crippen molar-refractivity contribution in [3.63, 3.8) is 0 Å². The average molecular weight is 300 g/mol. The predicted octanol–water partition coefficient (Wildman–Crippen LogP) is 4.15. The van der Waals surface area contributed by atoms with Crippen LogP contribution in [0.15, 0.2) is 42.5 Å². The zero-order chi connectivity index (χ0) is 15.4. The Morgan fingerprint density at radius 2 is 2.05 bits per heavy atom. The summed E-state index contributed by atoms with van der Waals surface area (Å²) in [4.78, 5) is 12.6. The third-order valence-electron chi connectivity index (χ3n) is 3.20. The van der Waals surface area contributed by atoms with E-state index in [1.807, 2.05) is 25.1 Å². The number of ether oxygens (including phenoxy) is 1. The van der Waals surface area contributed by atoms with Crippen LogP contribution in [0.1, 0.15) is 27.4 Å². The Hall–Kier alpha value is -2.31. The summed E-state index contributed by atoms with van der Waals surface area (Å²) >= 11 is 5.90. The normalized spacial score (nSPS) is 11.5. The number of Topliss-reactive ketones (excluding diaryl/α,β-unsaturated/α-hetero) is 1. The maximum absolute atomic E-state index is 12.6. The van der Waals surface area contributed by atoms with Crippen LogP contribution in [-0.4, -0.2) is 12.9 Å². The maximum atomic E-state index is 12.6. The molecule has 0 aliphatic rings. The molecule has 0 heterocycles. The first-order valence-corrected chi connectivity index (χ1v) is 6.78. The number of halogens is 1. The summed E-state index contributed by atoms with van der Waals surface area (Å²) in [6.45, 7) is 1.92. The lowest BCUT2D eigenvalue weighted by molar-refractivity contribution is 0.0976. The summed E-state index contributed by atoms with van der Waals surface area (Å²) in [5.41, 5.74) is 2.04. The molecule has 3 nitrogen and oxygen atoms in total. The van der Waals surface area contributed by atoms with Gasteiger partial charge in [-0.1, -0.05) is 41.4 Å². The van der Waals surface area contributed by atoms with Crippen molar-refractivity contribution in [3.05, 3.63) is 64.2 Å². The monoisotopic (exact) mass is 299 g/mol. The van der Waals surface area contributed by atoms with Gasteiger partial charge in [0, 0.05) is 5.02 Å². The minimum absolute atomic E-state index is 0.295. The third-order valence-corrected chi connectivity index (χ3v) is 3.43. The summed E-state index contributed by atoms with van der Waals surface area (Å²) in [5.74, 6) is -0.781. The van der Waals surface area contributed by atoms with Gasteiger partial charge in [-0.15, -0.1) is 0 Å². The molecule has 0 aliphatic carbocycles. The van der Waals surface area contributed by atoms with Gasteiger partial charge in [0.15, 0.2) is 5.78 Å². The summed E-state index contributed by atoms with van der Waals surface area (Å²) in [6, 6.07) is 14.2. The lowest BCUT2D eigenvalue weighted by Gasteiger charge is -2.12. The number of rotatable bonds is 4. The smallest absolute Gasteiger partial charge is 0.188 e. The second-order valence-corrected chi connectivity index (χ2v) is 5.12. The van der Waals surface area contributed by atoms with Crippen molar-refractivity contribution in [1.82, 2.24) is 0 Å². The Kier molecular flexibility index (Phi) is 4.62. The number of benzene rings is 2. The Morgan fingerprint density at radius 3 is 2.67 bits per heavy atom. The van der Waals surface area contributed by atoms with E-state index < -0.39 is 5.92 Å². The van der Waals surface area contributed by atoms with Gasteiger partial charge in [0.25, 0.3) is 0 Å². The number of nitrogens with zero attached hydrogens (tertiary/aromatic N) is 1. The quantitative estimate of drug-likeness (QED) is 0.797. The van der Waals surface area contributed by atoms with Gasteiger partial charge < -0.3 is 4.74 Å². The molecule has 0 aromatic heterocycles. The van der Waals surface area contributed by atoms with E-state index in [1.165, 1.54) is 7.11 Å². The highest BCUT2D eigenvalue weighted by Crippen LogP contribution is 2.29. The van der Waals surface area contributed by atoms with E-state index in [0.29, 0.717) is 21.9 Å². The first-order chi connectivity index (χ1) is 10.1. The number of aryl methyl sites for hydroxylation is 1. The van der Waals surface area contributed by atoms with E-state index >= 15 is 0 Å². The molecular weight excluding hydrogens is 286 g/mol. The van der Waals surface area contributed by atoms with Crippen molar-refractivity contribution < 1.29 is 9.53 Å². The molecule has 106 valence electrons. The summed E-state index contributed by atoms with van der Waals surface area (Å²) in [5, 5.41) is 9.86. The zero-order valence-corrected chi connectivity index (χ0v) is 12.5. The predicted molar refractivity (Wildman–Crippen MR) is 81.9 cm³/mol. The number of carbonyl (C=O) groups is 1. The third kappa shape index (κ3) is 3.24. The second kappa shape index (κ2) is 6.43. The molecular formula is C17H14ClNO2. The number of ketones is 1. The van der Waals surface area contributed by atoms with E-state index in [0.717, 1.165) is 5.56 Å². The van der Waals surface area contributed by atoms with Crippen LogP contribution in [0.3, 0.4) is 0 Å². The molecule has 0 saturated carbocycles. The molecule has 4 heteroatoms. The Balaban J connectivity index is 2.45. The van der Waals surface area contributed by atoms with Crippen LogP contribution in [0.4, 0.5) is 0 Å². The Labute approximate surface area is 128 Å². The molecule has 2 rings (SSSR count). The van der Waals surface area contributed by atoms with E-state index in [-0.39, 0.29) is 5.78 Å². The van der Waals surface area contributed by atoms with E-state index in [2.05, 4.69) is 6.07 Å². The fourth-order valence-corrected chi connectivity index (χ4v) is 2.32. The summed E-state index contributed by atoms with van der Waals surface area (Å²) in [6.07, 6.45) is 0. The lowest BCUT2D eigenvalue weighted by atomic mass is 9.90. The Morgan fingerprint density at radius 1 is 1.29 bits per heavy atom. The molecule has 21 heavy (non-hydrogen) atoms. The second-order valence-electron chi connectivity index (χ2n) is 4.69. The molecule has 0 spiro atoms. The van der Waals surface area contributed by atoms with E-state index in [4.69, 9.17) is 16.3 Å². The molecule has 0 aliphatic heterocycles. The van der Waals surface area contributed by atoms with Gasteiger partial charge in [0.2, 0.25) is 0 Å². The molecule has 0 bridgehead atoms. The SMILES string of the molecule is COc1cc(Cl)ccc1C(=O)C(C#N)c1cccc(C)c1. The molecule has 2 aromatic carbocycles. The molecule has 1 atom stereocenters. The van der Waals surface area contributed by atoms with Crippen LogP contribution in [0, 0.1) is 18.3 Å². The van der Waals surface area contributed by atoms with Crippen molar-refractivity contribution in [2.75, 3.05) is 7.11 Å². The fourth-order valence-electron chi connectivity index (χ4n) is 2.16. The van der Waals surface area contributed by atoms with Crippen LogP contribution >= 0.6 is 11.6 Å². The number of methoxy groups -OCH3 is 1. The van der Waals surface area contributed by atoms with Crippen molar-refractivity contribution >= 4 is 17.4 Å². The molecule has 2 aromatic rings. The van der Waals surface area contributed by atoms with Crippen LogP contribution in [0.5, 0.6) is 5.75 Å². The van der Waals surface area contributed by atoms with Crippen molar-refractivity contribution in [1.29, 1.82) is 5.26 Å². The van der Waals surface area contributed by atoms with Crippen LogP contribution in [0.2, 0.25) is 5.02 Å². The number of hydrogen-bond donors (Lipinski definition) is 0. The minimum Gasteiger partial charge on any atom is -0.496 e. The summed E-state index contributed by atoms with van der Waals surface area (Å²) < 4.78 is 5.19. The number of carbonyl (C=O) groups excluding carboxylic acids is 1. The standard InChI is InChI=1S/C17H14ClNO2/c1-11-4-3-5-12(8-11)15(10-19)17(20)14-7-6-13(18)9-16(14)21-2/h3-9,15H,1-2H3. The highest BCUT2D eigenvalue weighted by atomic mass is 35.5. The van der Waals surface area contributed by atoms with E-state index in [1.54, 1.807) is 24.3 Å². The maximum Gasteiger partial charge on any atom is 0.188 e. The van der Waals surface area contributed by atoms with Gasteiger partial charge >= 0.3 is 0 Å². The van der Waals surface area contributed by atoms with Crippen molar-refractivity contribution in [2.45, 2.75) is 12.8 Å². The van der Waals surface area contributed by atoms with Gasteiger partial charge in [-0.05, 0) is 30.7 Å². The average Bonchev–Trinajstić information content (AvgIpc) is 2.47. The van der Waals surface area contributed by atoms with Gasteiger partial charge in [-0.2, -0.15) is 5.26 Å². The fraction of sp³-hybridized carbons (Fsp3) is 0.176. The Bertz CT molecular complexity index is 719. The van der Waals surface area contributed by atoms with Gasteiger partial charge in [0.1, 0.15) is 11.7 Å². The van der Waals surface area contributed by atoms with Crippen molar-refractivity contribution in [3.8, 4) is 11.8 Å². The van der Waals surface area contributed by atoms with Gasteiger partial charge in [0.05, 0.1) is 18.7 Å². The molecule has 0 saturated heterocycles. The van der Waals surface area contributed by atoms with Crippen LogP contribution < -0.4 is 4.74 Å². The molecule has 0 amide bonds. The lowest BCUT2D eigenvalue weighted by Crippen LogP contribution is -2.12. The highest BCUT2D eigenvalue weighted by molar-refractivity contribution is 6.31. The molecule has 0 radical (unpaired) electrons. The number of nitriles is 1. The van der Waals surface area contributed by atoms with Crippen molar-refractivity contribution in [2.24, 2.45) is 0 Å². The van der Waals surface area contributed by atoms with Gasteiger partial charge in [-0.25, -0.2) is 0 Å².